The Morgan fingerprint density at radius 2 is 1.73 bits per heavy atom. The van der Waals surface area contributed by atoms with E-state index in [0.717, 1.165) is 49.7 Å². The van der Waals surface area contributed by atoms with Gasteiger partial charge in [0.2, 0.25) is 17.7 Å². The van der Waals surface area contributed by atoms with E-state index in [1.807, 2.05) is 29.4 Å². The zero-order chi connectivity index (χ0) is 21.3. The number of hydrogen-bond acceptors (Lipinski definition) is 5. The topological polar surface area (TPSA) is 67.4 Å². The Labute approximate surface area is 175 Å². The molecule has 1 aromatic carbocycles. The van der Waals surface area contributed by atoms with E-state index in [2.05, 4.69) is 22.0 Å². The molecule has 0 spiro atoms. The van der Waals surface area contributed by atoms with Crippen LogP contribution in [0.15, 0.2) is 34.7 Å². The summed E-state index contributed by atoms with van der Waals surface area (Å²) in [5.41, 5.74) is 3.33. The quantitative estimate of drug-likeness (QED) is 0.645. The lowest BCUT2D eigenvalue weighted by Crippen LogP contribution is -2.49. The number of aromatic nitrogens is 3. The number of amides is 1. The van der Waals surface area contributed by atoms with E-state index in [1.54, 1.807) is 12.1 Å². The SMILES string of the molecule is CCN1CCN(C(=O)Cn2c(C)cc(-c3nnc(-c4ccc(F)cc4)o3)c2C)CC1. The third-order valence-corrected chi connectivity index (χ3v) is 5.79. The molecule has 1 aliphatic heterocycles. The highest BCUT2D eigenvalue weighted by molar-refractivity contribution is 5.77. The number of carbonyl (C=O) groups excluding carboxylic acids is 1. The van der Waals surface area contributed by atoms with Crippen molar-refractivity contribution in [1.29, 1.82) is 0 Å². The van der Waals surface area contributed by atoms with Crippen LogP contribution in [0.1, 0.15) is 18.3 Å². The van der Waals surface area contributed by atoms with Gasteiger partial charge in [0.1, 0.15) is 12.4 Å². The molecule has 0 saturated carbocycles. The predicted octanol–water partition coefficient (Wildman–Crippen LogP) is 3.13. The van der Waals surface area contributed by atoms with Crippen molar-refractivity contribution in [3.05, 3.63) is 47.5 Å². The van der Waals surface area contributed by atoms with Gasteiger partial charge in [-0.2, -0.15) is 0 Å². The summed E-state index contributed by atoms with van der Waals surface area (Å²) in [6.07, 6.45) is 0. The van der Waals surface area contributed by atoms with E-state index >= 15 is 0 Å². The van der Waals surface area contributed by atoms with Crippen molar-refractivity contribution in [2.45, 2.75) is 27.3 Å². The van der Waals surface area contributed by atoms with Crippen molar-refractivity contribution < 1.29 is 13.6 Å². The van der Waals surface area contributed by atoms with Gasteiger partial charge in [-0.3, -0.25) is 4.79 Å². The molecule has 1 amide bonds. The van der Waals surface area contributed by atoms with Crippen LogP contribution in [-0.4, -0.2) is 63.2 Å². The van der Waals surface area contributed by atoms with Crippen LogP contribution < -0.4 is 0 Å². The highest BCUT2D eigenvalue weighted by Gasteiger charge is 2.23. The molecule has 0 radical (unpaired) electrons. The molecule has 158 valence electrons. The van der Waals surface area contributed by atoms with Crippen molar-refractivity contribution in [3.8, 4) is 22.9 Å². The van der Waals surface area contributed by atoms with E-state index in [9.17, 15) is 9.18 Å². The van der Waals surface area contributed by atoms with Crippen molar-refractivity contribution in [2.24, 2.45) is 0 Å². The van der Waals surface area contributed by atoms with Crippen LogP contribution in [0.2, 0.25) is 0 Å². The van der Waals surface area contributed by atoms with Crippen LogP contribution in [-0.2, 0) is 11.3 Å². The summed E-state index contributed by atoms with van der Waals surface area (Å²) in [6, 6.07) is 7.88. The van der Waals surface area contributed by atoms with Gasteiger partial charge in [-0.1, -0.05) is 6.92 Å². The average molecular weight is 411 g/mol. The van der Waals surface area contributed by atoms with E-state index in [4.69, 9.17) is 4.42 Å². The molecule has 1 aliphatic rings. The first kappa shape index (κ1) is 20.3. The van der Waals surface area contributed by atoms with Crippen molar-refractivity contribution in [1.82, 2.24) is 24.6 Å². The Morgan fingerprint density at radius 3 is 2.40 bits per heavy atom. The fourth-order valence-electron chi connectivity index (χ4n) is 3.85. The lowest BCUT2D eigenvalue weighted by atomic mass is 10.2. The monoisotopic (exact) mass is 411 g/mol. The van der Waals surface area contributed by atoms with Gasteiger partial charge in [0, 0.05) is 43.1 Å². The molecule has 4 rings (SSSR count). The summed E-state index contributed by atoms with van der Waals surface area (Å²) in [6.45, 7) is 10.8. The molecule has 3 aromatic rings. The molecule has 8 heteroatoms. The summed E-state index contributed by atoms with van der Waals surface area (Å²) in [5, 5.41) is 8.26. The van der Waals surface area contributed by atoms with E-state index in [1.165, 1.54) is 12.1 Å². The Morgan fingerprint density at radius 1 is 1.07 bits per heavy atom. The number of carbonyl (C=O) groups is 1. The Hall–Kier alpha value is -3.00. The highest BCUT2D eigenvalue weighted by atomic mass is 19.1. The molecule has 30 heavy (non-hydrogen) atoms. The van der Waals surface area contributed by atoms with Crippen LogP contribution in [0, 0.1) is 19.7 Å². The van der Waals surface area contributed by atoms with Crippen LogP contribution in [0.5, 0.6) is 0 Å². The summed E-state index contributed by atoms with van der Waals surface area (Å²) in [4.78, 5) is 17.1. The first-order chi connectivity index (χ1) is 14.5. The van der Waals surface area contributed by atoms with Crippen molar-refractivity contribution >= 4 is 5.91 Å². The fourth-order valence-corrected chi connectivity index (χ4v) is 3.85. The summed E-state index contributed by atoms with van der Waals surface area (Å²) >= 11 is 0. The Bertz CT molecular complexity index is 1030. The number of aryl methyl sites for hydroxylation is 1. The number of likely N-dealkylation sites (N-methyl/N-ethyl adjacent to an activating group) is 1. The van der Waals surface area contributed by atoms with E-state index in [0.29, 0.717) is 23.9 Å². The van der Waals surface area contributed by atoms with Gasteiger partial charge in [0.05, 0.1) is 5.56 Å². The van der Waals surface area contributed by atoms with Crippen LogP contribution in [0.25, 0.3) is 22.9 Å². The number of nitrogens with zero attached hydrogens (tertiary/aromatic N) is 5. The Kier molecular flexibility index (Phi) is 5.67. The van der Waals surface area contributed by atoms with Crippen LogP contribution >= 0.6 is 0 Å². The standard InChI is InChI=1S/C22H26FN5O2/c1-4-26-9-11-27(12-10-26)20(29)14-28-15(2)13-19(16(28)3)22-25-24-21(30-22)17-5-7-18(23)8-6-17/h5-8,13H,4,9-12,14H2,1-3H3. The third kappa shape index (κ3) is 4.00. The van der Waals surface area contributed by atoms with Gasteiger partial charge in [-0.15, -0.1) is 10.2 Å². The first-order valence-corrected chi connectivity index (χ1v) is 10.2. The fraction of sp³-hybridized carbons (Fsp3) is 0.409. The largest absolute Gasteiger partial charge is 0.416 e. The minimum Gasteiger partial charge on any atom is -0.416 e. The van der Waals surface area contributed by atoms with Gasteiger partial charge in [-0.05, 0) is 50.7 Å². The number of halogens is 1. The summed E-state index contributed by atoms with van der Waals surface area (Å²) in [7, 11) is 0. The minimum atomic E-state index is -0.317. The maximum atomic E-state index is 13.1. The number of rotatable bonds is 5. The molecule has 1 fully saturated rings. The molecular formula is C22H26FN5O2. The van der Waals surface area contributed by atoms with Gasteiger partial charge in [-0.25, -0.2) is 4.39 Å². The molecule has 0 N–H and O–H groups in total. The second-order valence-corrected chi connectivity index (χ2v) is 7.61. The van der Waals surface area contributed by atoms with Crippen molar-refractivity contribution in [3.63, 3.8) is 0 Å². The Balaban J connectivity index is 1.51. The molecular weight excluding hydrogens is 385 g/mol. The van der Waals surface area contributed by atoms with Crippen LogP contribution in [0.4, 0.5) is 4.39 Å². The lowest BCUT2D eigenvalue weighted by Gasteiger charge is -2.34. The summed E-state index contributed by atoms with van der Waals surface area (Å²) in [5.74, 6) is 0.525. The van der Waals surface area contributed by atoms with E-state index < -0.39 is 0 Å². The third-order valence-electron chi connectivity index (χ3n) is 5.79. The molecule has 0 unspecified atom stereocenters. The molecule has 7 nitrogen and oxygen atoms in total. The maximum Gasteiger partial charge on any atom is 0.249 e. The average Bonchev–Trinajstić information content (AvgIpc) is 3.35. The molecule has 1 saturated heterocycles. The zero-order valence-electron chi connectivity index (χ0n) is 17.6. The smallest absolute Gasteiger partial charge is 0.249 e. The summed E-state index contributed by atoms with van der Waals surface area (Å²) < 4.78 is 21.0. The minimum absolute atomic E-state index is 0.122. The van der Waals surface area contributed by atoms with Gasteiger partial charge in [0.15, 0.2) is 0 Å². The normalized spacial score (nSPS) is 15.0. The molecule has 3 heterocycles. The van der Waals surface area contributed by atoms with E-state index in [-0.39, 0.29) is 11.7 Å². The van der Waals surface area contributed by atoms with Crippen molar-refractivity contribution in [2.75, 3.05) is 32.7 Å². The second kappa shape index (κ2) is 8.39. The number of piperazine rings is 1. The molecule has 0 bridgehead atoms. The van der Waals surface area contributed by atoms with Gasteiger partial charge in [0.25, 0.3) is 0 Å². The molecule has 0 aliphatic carbocycles. The maximum absolute atomic E-state index is 13.1. The first-order valence-electron chi connectivity index (χ1n) is 10.2. The number of hydrogen-bond donors (Lipinski definition) is 0. The van der Waals surface area contributed by atoms with Gasteiger partial charge < -0.3 is 18.8 Å². The predicted molar refractivity (Wildman–Crippen MR) is 111 cm³/mol. The lowest BCUT2D eigenvalue weighted by molar-refractivity contribution is -0.133. The van der Waals surface area contributed by atoms with Gasteiger partial charge >= 0.3 is 0 Å². The van der Waals surface area contributed by atoms with Crippen LogP contribution in [0.3, 0.4) is 0 Å². The molecule has 2 aromatic heterocycles. The zero-order valence-corrected chi connectivity index (χ0v) is 17.6. The number of benzene rings is 1. The highest BCUT2D eigenvalue weighted by Crippen LogP contribution is 2.29. The second-order valence-electron chi connectivity index (χ2n) is 7.61. The molecule has 0 atom stereocenters.